The Morgan fingerprint density at radius 2 is 1.91 bits per heavy atom. The van der Waals surface area contributed by atoms with Crippen molar-refractivity contribution in [1.29, 1.82) is 0 Å². The lowest BCUT2D eigenvalue weighted by Gasteiger charge is -2.12. The van der Waals surface area contributed by atoms with Gasteiger partial charge in [0.05, 0.1) is 11.6 Å². The van der Waals surface area contributed by atoms with E-state index in [1.807, 2.05) is 19.1 Å². The number of hydrogen-bond acceptors (Lipinski definition) is 2. The summed E-state index contributed by atoms with van der Waals surface area (Å²) in [7, 11) is 0. The van der Waals surface area contributed by atoms with E-state index in [-0.39, 0.29) is 12.3 Å². The minimum atomic E-state index is -0.123. The lowest BCUT2D eigenvalue weighted by molar-refractivity contribution is 0.0997. The normalized spacial score (nSPS) is 10.1. The van der Waals surface area contributed by atoms with Crippen molar-refractivity contribution in [2.24, 2.45) is 0 Å². The molecule has 0 saturated heterocycles. The number of carbonyl (C=O) groups excluding carboxylic acids is 1. The molecule has 0 fully saturated rings. The molecule has 0 saturated carbocycles. The van der Waals surface area contributed by atoms with Gasteiger partial charge >= 0.3 is 0 Å². The first-order chi connectivity index (χ1) is 10.5. The maximum atomic E-state index is 12.1. The van der Waals surface area contributed by atoms with Crippen molar-refractivity contribution >= 4 is 52.0 Å². The van der Waals surface area contributed by atoms with Gasteiger partial charge in [-0.05, 0) is 55.0 Å². The summed E-state index contributed by atoms with van der Waals surface area (Å²) < 4.78 is 0. The zero-order valence-corrected chi connectivity index (χ0v) is 14.1. The minimum absolute atomic E-state index is 0.0716. The molecule has 2 N–H and O–H groups in total. The van der Waals surface area contributed by atoms with Crippen LogP contribution in [0.1, 0.15) is 15.9 Å². The predicted molar refractivity (Wildman–Crippen MR) is 96.2 cm³/mol. The van der Waals surface area contributed by atoms with Crippen molar-refractivity contribution < 1.29 is 4.79 Å². The Labute approximate surface area is 144 Å². The third kappa shape index (κ3) is 4.44. The average Bonchev–Trinajstić information content (AvgIpc) is 2.48. The van der Waals surface area contributed by atoms with Crippen LogP contribution < -0.4 is 10.6 Å². The Hall–Kier alpha value is -1.62. The molecular formula is C16H14Cl2N2OS. The van der Waals surface area contributed by atoms with Crippen molar-refractivity contribution in [3.8, 4) is 0 Å². The van der Waals surface area contributed by atoms with Crippen LogP contribution in [0.2, 0.25) is 10.0 Å². The van der Waals surface area contributed by atoms with E-state index in [9.17, 15) is 4.79 Å². The number of thiocarbonyl (C=S) groups is 1. The van der Waals surface area contributed by atoms with Crippen LogP contribution in [0.15, 0.2) is 42.5 Å². The molecule has 6 heteroatoms. The second-order valence-electron chi connectivity index (χ2n) is 4.67. The molecule has 0 aliphatic heterocycles. The van der Waals surface area contributed by atoms with Crippen molar-refractivity contribution in [3.63, 3.8) is 0 Å². The summed E-state index contributed by atoms with van der Waals surface area (Å²) in [5.74, 6) is -0.123. The molecule has 0 unspecified atom stereocenters. The summed E-state index contributed by atoms with van der Waals surface area (Å²) in [5, 5.41) is 7.37. The third-order valence-corrected chi connectivity index (χ3v) is 3.83. The van der Waals surface area contributed by atoms with E-state index in [0.29, 0.717) is 20.7 Å². The van der Waals surface area contributed by atoms with Crippen LogP contribution in [0, 0.1) is 6.92 Å². The molecule has 2 aromatic carbocycles. The van der Waals surface area contributed by atoms with Gasteiger partial charge in [-0.15, -0.1) is 0 Å². The maximum absolute atomic E-state index is 12.1. The minimum Gasteiger partial charge on any atom is -0.355 e. The van der Waals surface area contributed by atoms with Crippen LogP contribution in [0.3, 0.4) is 0 Å². The molecule has 0 heterocycles. The van der Waals surface area contributed by atoms with Crippen LogP contribution in [0.25, 0.3) is 0 Å². The van der Waals surface area contributed by atoms with Crippen molar-refractivity contribution in [2.45, 2.75) is 6.92 Å². The number of aryl methyl sites for hydroxylation is 1. The highest BCUT2D eigenvalue weighted by molar-refractivity contribution is 7.80. The zero-order valence-electron chi connectivity index (χ0n) is 11.8. The van der Waals surface area contributed by atoms with E-state index in [2.05, 4.69) is 10.6 Å². The van der Waals surface area contributed by atoms with Gasteiger partial charge in [-0.3, -0.25) is 4.79 Å². The summed E-state index contributed by atoms with van der Waals surface area (Å²) in [6, 6.07) is 12.4. The van der Waals surface area contributed by atoms with E-state index in [1.165, 1.54) is 0 Å². The Balaban J connectivity index is 1.93. The zero-order chi connectivity index (χ0) is 16.1. The number of carbonyl (C=O) groups is 1. The highest BCUT2D eigenvalue weighted by atomic mass is 35.5. The fraction of sp³-hybridized carbons (Fsp3) is 0.125. The van der Waals surface area contributed by atoms with E-state index in [1.54, 1.807) is 30.3 Å². The SMILES string of the molecule is Cc1cc(Cl)ccc1NC(=S)NCC(=O)c1ccccc1Cl. The third-order valence-electron chi connectivity index (χ3n) is 3.02. The highest BCUT2D eigenvalue weighted by Crippen LogP contribution is 2.19. The van der Waals surface area contributed by atoms with Gasteiger partial charge in [0.15, 0.2) is 10.9 Å². The summed E-state index contributed by atoms with van der Waals surface area (Å²) >= 11 is 17.1. The molecule has 0 aliphatic carbocycles. The van der Waals surface area contributed by atoms with Gasteiger partial charge in [-0.1, -0.05) is 35.3 Å². The van der Waals surface area contributed by atoms with Crippen molar-refractivity contribution in [1.82, 2.24) is 5.32 Å². The number of anilines is 1. The molecule has 0 radical (unpaired) electrons. The monoisotopic (exact) mass is 352 g/mol. The number of rotatable bonds is 4. The number of benzene rings is 2. The molecule has 0 bridgehead atoms. The second kappa shape index (κ2) is 7.58. The second-order valence-corrected chi connectivity index (χ2v) is 5.92. The number of Topliss-reactive ketones (excluding diaryl/α,β-unsaturated/α-hetero) is 1. The van der Waals surface area contributed by atoms with E-state index in [4.69, 9.17) is 35.4 Å². The summed E-state index contributed by atoms with van der Waals surface area (Å²) in [6.45, 7) is 1.99. The van der Waals surface area contributed by atoms with Crippen molar-refractivity contribution in [3.05, 3.63) is 63.6 Å². The summed E-state index contributed by atoms with van der Waals surface area (Å²) in [6.07, 6.45) is 0. The van der Waals surface area contributed by atoms with Crippen LogP contribution in [-0.4, -0.2) is 17.4 Å². The number of nitrogens with one attached hydrogen (secondary N) is 2. The molecule has 0 atom stereocenters. The topological polar surface area (TPSA) is 41.1 Å². The van der Waals surface area contributed by atoms with E-state index < -0.39 is 0 Å². The number of halogens is 2. The number of ketones is 1. The van der Waals surface area contributed by atoms with Gasteiger partial charge in [0.1, 0.15) is 0 Å². The first-order valence-corrected chi connectivity index (χ1v) is 7.72. The molecule has 114 valence electrons. The van der Waals surface area contributed by atoms with Gasteiger partial charge < -0.3 is 10.6 Å². The Morgan fingerprint density at radius 3 is 2.59 bits per heavy atom. The van der Waals surface area contributed by atoms with Gasteiger partial charge in [0, 0.05) is 16.3 Å². The first kappa shape index (κ1) is 16.7. The molecule has 0 spiro atoms. The number of hydrogen-bond donors (Lipinski definition) is 2. The Kier molecular flexibility index (Phi) is 5.77. The fourth-order valence-corrected chi connectivity index (χ4v) is 2.53. The Morgan fingerprint density at radius 1 is 1.18 bits per heavy atom. The molecule has 22 heavy (non-hydrogen) atoms. The van der Waals surface area contributed by atoms with Gasteiger partial charge in [-0.2, -0.15) is 0 Å². The van der Waals surface area contributed by atoms with Crippen LogP contribution >= 0.6 is 35.4 Å². The van der Waals surface area contributed by atoms with Crippen LogP contribution in [-0.2, 0) is 0 Å². The highest BCUT2D eigenvalue weighted by Gasteiger charge is 2.10. The van der Waals surface area contributed by atoms with Crippen LogP contribution in [0.4, 0.5) is 5.69 Å². The summed E-state index contributed by atoms with van der Waals surface area (Å²) in [4.78, 5) is 12.1. The first-order valence-electron chi connectivity index (χ1n) is 6.56. The lowest BCUT2D eigenvalue weighted by Crippen LogP contribution is -2.33. The van der Waals surface area contributed by atoms with Crippen LogP contribution in [0.5, 0.6) is 0 Å². The van der Waals surface area contributed by atoms with Gasteiger partial charge in [-0.25, -0.2) is 0 Å². The largest absolute Gasteiger partial charge is 0.355 e. The lowest BCUT2D eigenvalue weighted by atomic mass is 10.1. The Bertz CT molecular complexity index is 719. The summed E-state index contributed by atoms with van der Waals surface area (Å²) in [5.41, 5.74) is 2.28. The maximum Gasteiger partial charge on any atom is 0.183 e. The van der Waals surface area contributed by atoms with E-state index in [0.717, 1.165) is 11.3 Å². The van der Waals surface area contributed by atoms with Crippen molar-refractivity contribution in [2.75, 3.05) is 11.9 Å². The van der Waals surface area contributed by atoms with E-state index >= 15 is 0 Å². The van der Waals surface area contributed by atoms with Gasteiger partial charge in [0.2, 0.25) is 0 Å². The average molecular weight is 353 g/mol. The standard InChI is InChI=1S/C16H14Cl2N2OS/c1-10-8-11(17)6-7-14(10)20-16(22)19-9-15(21)12-4-2-3-5-13(12)18/h2-8H,9H2,1H3,(H2,19,20,22). The van der Waals surface area contributed by atoms with Gasteiger partial charge in [0.25, 0.3) is 0 Å². The molecule has 0 aliphatic rings. The quantitative estimate of drug-likeness (QED) is 0.629. The fourth-order valence-electron chi connectivity index (χ4n) is 1.88. The molecule has 2 rings (SSSR count). The molecule has 0 aromatic heterocycles. The molecule has 0 amide bonds. The predicted octanol–water partition coefficient (Wildman–Crippen LogP) is 4.47. The smallest absolute Gasteiger partial charge is 0.183 e. The molecule has 2 aromatic rings. The molecule has 3 nitrogen and oxygen atoms in total. The molecular weight excluding hydrogens is 339 g/mol.